The molecule has 2 fully saturated rings. The second-order valence-corrected chi connectivity index (χ2v) is 18.6. The third-order valence-corrected chi connectivity index (χ3v) is 14.3. The van der Waals surface area contributed by atoms with Crippen LogP contribution in [0.15, 0.2) is 59.7 Å². The van der Waals surface area contributed by atoms with Crippen LogP contribution in [0.2, 0.25) is 0 Å². The maximum absolute atomic E-state index is 14.8. The van der Waals surface area contributed by atoms with Crippen LogP contribution in [0.4, 0.5) is 30.6 Å². The van der Waals surface area contributed by atoms with Crippen LogP contribution in [-0.4, -0.2) is 92.2 Å². The number of nitrogens with zero attached hydrogens (tertiary/aromatic N) is 7. The summed E-state index contributed by atoms with van der Waals surface area (Å²) in [6.07, 6.45) is 9.36. The van der Waals surface area contributed by atoms with E-state index in [1.54, 1.807) is 44.3 Å². The molecule has 1 unspecified atom stereocenters. The van der Waals surface area contributed by atoms with Gasteiger partial charge in [-0.05, 0) is 121 Å². The number of likely N-dealkylation sites (tertiary alicyclic amines) is 1. The van der Waals surface area contributed by atoms with Crippen molar-refractivity contribution in [2.75, 3.05) is 50.0 Å². The Morgan fingerprint density at radius 1 is 0.851 bits per heavy atom. The number of fused-ring (bicyclic) bond motifs is 3. The first-order chi connectivity index (χ1) is 32.4. The fourth-order valence-corrected chi connectivity index (χ4v) is 10.7. The fraction of sp³-hybridized carbons (Fsp3) is 0.480. The molecule has 67 heavy (non-hydrogen) atoms. The van der Waals surface area contributed by atoms with Crippen molar-refractivity contribution in [3.05, 3.63) is 93.2 Å². The predicted molar refractivity (Wildman–Crippen MR) is 253 cm³/mol. The van der Waals surface area contributed by atoms with Crippen molar-refractivity contribution in [1.29, 1.82) is 0 Å². The number of anilines is 3. The Balaban J connectivity index is 0.804. The molecule has 2 aromatic heterocycles. The largest absolute Gasteiger partial charge is 0.385 e. The number of imide groups is 1. The molecule has 3 aromatic carbocycles. The van der Waals surface area contributed by atoms with E-state index in [1.165, 1.54) is 20.3 Å². The molecule has 0 radical (unpaired) electrons. The summed E-state index contributed by atoms with van der Waals surface area (Å²) >= 11 is 0. The second-order valence-electron chi connectivity index (χ2n) is 18.6. The number of unbranched alkanes of at least 4 members (excludes halogenated alkanes) is 3. The van der Waals surface area contributed by atoms with Crippen molar-refractivity contribution in [2.24, 2.45) is 14.1 Å². The highest BCUT2D eigenvalue weighted by Gasteiger charge is 2.33. The minimum absolute atomic E-state index is 0.0202. The molecule has 0 bridgehead atoms. The third kappa shape index (κ3) is 9.29. The van der Waals surface area contributed by atoms with Gasteiger partial charge in [-0.3, -0.25) is 33.5 Å². The monoisotopic (exact) mass is 918 g/mol. The SMILES string of the molecule is CNC(=O)N1CCc2cc(C3CCN(C(=O)CCCCCCNc4ccc5c(c4)n(C)c(=O)n5C4CCC(=O)NC4=O)CC3)cc(N3CCCc4cc(-c5cnn(C)c5)c(C(F)F)cc43)c2C1. The van der Waals surface area contributed by atoms with Gasteiger partial charge in [-0.1, -0.05) is 18.9 Å². The molecule has 3 N–H and O–H groups in total. The number of piperidine rings is 2. The predicted octanol–water partition coefficient (Wildman–Crippen LogP) is 7.21. The normalized spacial score (nSPS) is 17.8. The number of halogens is 2. The lowest BCUT2D eigenvalue weighted by atomic mass is 9.84. The van der Waals surface area contributed by atoms with Crippen molar-refractivity contribution in [3.8, 4) is 11.1 Å². The quantitative estimate of drug-likeness (QED) is 0.0827. The summed E-state index contributed by atoms with van der Waals surface area (Å²) in [4.78, 5) is 69.7. The fourth-order valence-electron chi connectivity index (χ4n) is 10.7. The van der Waals surface area contributed by atoms with E-state index in [4.69, 9.17) is 0 Å². The molecule has 354 valence electrons. The number of imidazole rings is 1. The Morgan fingerprint density at radius 2 is 1.66 bits per heavy atom. The summed E-state index contributed by atoms with van der Waals surface area (Å²) in [6.45, 7) is 3.78. The molecule has 15 nitrogen and oxygen atoms in total. The molecule has 4 aliphatic heterocycles. The average molecular weight is 919 g/mol. The lowest BCUT2D eigenvalue weighted by Crippen LogP contribution is -2.44. The zero-order chi connectivity index (χ0) is 46.9. The van der Waals surface area contributed by atoms with Crippen LogP contribution in [0, 0.1) is 0 Å². The molecule has 0 aliphatic carbocycles. The van der Waals surface area contributed by atoms with E-state index in [-0.39, 0.29) is 47.9 Å². The highest BCUT2D eigenvalue weighted by atomic mass is 19.3. The maximum Gasteiger partial charge on any atom is 0.329 e. The zero-order valence-corrected chi connectivity index (χ0v) is 38.6. The molecule has 5 aromatic rings. The number of alkyl halides is 2. The molecular weight excluding hydrogens is 859 g/mol. The van der Waals surface area contributed by atoms with Crippen molar-refractivity contribution in [3.63, 3.8) is 0 Å². The van der Waals surface area contributed by atoms with Gasteiger partial charge < -0.3 is 25.3 Å². The van der Waals surface area contributed by atoms with Crippen molar-refractivity contribution in [1.82, 2.24) is 39.3 Å². The van der Waals surface area contributed by atoms with Crippen LogP contribution < -0.4 is 26.5 Å². The molecular formula is C50H60F2N10O5. The molecule has 0 spiro atoms. The number of aromatic nitrogens is 4. The minimum atomic E-state index is -2.67. The van der Waals surface area contributed by atoms with E-state index in [0.29, 0.717) is 67.7 Å². The summed E-state index contributed by atoms with van der Waals surface area (Å²) in [5.74, 6) is -0.352. The lowest BCUT2D eigenvalue weighted by molar-refractivity contribution is -0.136. The Labute approximate surface area is 388 Å². The number of hydrogen-bond donors (Lipinski definition) is 3. The Hall–Kier alpha value is -6.52. The number of urea groups is 1. The summed E-state index contributed by atoms with van der Waals surface area (Å²) in [5, 5.41) is 12.8. The van der Waals surface area contributed by atoms with Gasteiger partial charge >= 0.3 is 11.7 Å². The van der Waals surface area contributed by atoms with Gasteiger partial charge in [-0.15, -0.1) is 0 Å². The molecule has 0 saturated carbocycles. The summed E-state index contributed by atoms with van der Waals surface area (Å²) in [7, 11) is 5.10. The number of nitrogens with one attached hydrogen (secondary N) is 3. The van der Waals surface area contributed by atoms with Gasteiger partial charge in [0.25, 0.3) is 6.43 Å². The van der Waals surface area contributed by atoms with Gasteiger partial charge in [0.15, 0.2) is 0 Å². The van der Waals surface area contributed by atoms with Gasteiger partial charge in [0.1, 0.15) is 6.04 Å². The Morgan fingerprint density at radius 3 is 2.40 bits per heavy atom. The van der Waals surface area contributed by atoms with Crippen molar-refractivity contribution < 1.29 is 28.0 Å². The second kappa shape index (κ2) is 19.4. The summed E-state index contributed by atoms with van der Waals surface area (Å²) < 4.78 is 34.3. The highest BCUT2D eigenvalue weighted by Crippen LogP contribution is 2.45. The van der Waals surface area contributed by atoms with E-state index < -0.39 is 18.4 Å². The average Bonchev–Trinajstić information content (AvgIpc) is 3.88. The van der Waals surface area contributed by atoms with Gasteiger partial charge in [0.05, 0.1) is 17.2 Å². The first-order valence-electron chi connectivity index (χ1n) is 23.8. The zero-order valence-electron chi connectivity index (χ0n) is 38.6. The van der Waals surface area contributed by atoms with E-state index in [0.717, 1.165) is 86.1 Å². The van der Waals surface area contributed by atoms with E-state index in [2.05, 4.69) is 38.1 Å². The number of rotatable bonds is 13. The van der Waals surface area contributed by atoms with Crippen LogP contribution in [0.3, 0.4) is 0 Å². The molecule has 2 saturated heterocycles. The smallest absolute Gasteiger partial charge is 0.329 e. The third-order valence-electron chi connectivity index (χ3n) is 14.3. The molecule has 5 amide bonds. The number of carbonyl (C=O) groups is 4. The summed E-state index contributed by atoms with van der Waals surface area (Å²) in [5.41, 5.74) is 9.29. The first kappa shape index (κ1) is 45.6. The van der Waals surface area contributed by atoms with Crippen LogP contribution in [-0.2, 0) is 47.9 Å². The van der Waals surface area contributed by atoms with E-state index in [9.17, 15) is 32.8 Å². The number of aryl methyl sites for hydroxylation is 3. The van der Waals surface area contributed by atoms with Crippen molar-refractivity contribution in [2.45, 2.75) is 102 Å². The number of carbonyl (C=O) groups excluding carboxylic acids is 4. The first-order valence-corrected chi connectivity index (χ1v) is 23.8. The number of hydrogen-bond acceptors (Lipinski definition) is 8. The van der Waals surface area contributed by atoms with E-state index in [1.807, 2.05) is 34.1 Å². The minimum Gasteiger partial charge on any atom is -0.385 e. The number of amides is 5. The van der Waals surface area contributed by atoms with Crippen LogP contribution in [0.1, 0.15) is 110 Å². The standard InChI is InChI=1S/C50H60F2N10O5/c1-53-49(66)60-22-17-32-23-34(25-43(39(32)30-60)61-19-8-9-33-24-37(35-28-55-57(2)29-35)38(47(51)52)27-42(33)61)31-15-20-59(21-16-31)46(64)10-6-4-5-7-18-54-36-11-12-40-44(26-36)58(3)50(67)62(40)41-13-14-45(63)56-48(41)65/h11-12,23-29,31,41,47,54H,4-10,13-22,30H2,1-3H3,(H,53,66)(H,56,63,65). The van der Waals surface area contributed by atoms with Crippen LogP contribution >= 0.6 is 0 Å². The maximum atomic E-state index is 14.8. The highest BCUT2D eigenvalue weighted by molar-refractivity contribution is 6.00. The summed E-state index contributed by atoms with van der Waals surface area (Å²) in [6, 6.07) is 12.9. The molecule has 4 aliphatic rings. The van der Waals surface area contributed by atoms with Crippen LogP contribution in [0.5, 0.6) is 0 Å². The molecule has 9 rings (SSSR count). The molecule has 17 heteroatoms. The Bertz CT molecular complexity index is 2770. The molecule has 1 atom stereocenters. The van der Waals surface area contributed by atoms with E-state index >= 15 is 0 Å². The van der Waals surface area contributed by atoms with Gasteiger partial charge in [0, 0.05) is 108 Å². The Kier molecular flexibility index (Phi) is 13.2. The van der Waals surface area contributed by atoms with Gasteiger partial charge in [0.2, 0.25) is 17.7 Å². The molecule has 6 heterocycles. The number of benzene rings is 3. The van der Waals surface area contributed by atoms with Crippen molar-refractivity contribution >= 4 is 51.8 Å². The van der Waals surface area contributed by atoms with Gasteiger partial charge in [-0.2, -0.15) is 5.10 Å². The topological polar surface area (TPSA) is 159 Å². The lowest BCUT2D eigenvalue weighted by Gasteiger charge is -2.39. The van der Waals surface area contributed by atoms with Crippen LogP contribution in [0.25, 0.3) is 22.2 Å². The van der Waals surface area contributed by atoms with Gasteiger partial charge in [-0.25, -0.2) is 18.4 Å².